The number of hydrogen-bond donors (Lipinski definition) is 3. The monoisotopic (exact) mass is 1530 g/mol. The molecule has 0 amide bonds. The second kappa shape index (κ2) is 78.3. The first-order chi connectivity index (χ1) is 51.7. The van der Waals surface area contributed by atoms with Crippen LogP contribution in [-0.2, 0) is 65.4 Å². The molecule has 3 N–H and O–H groups in total. The number of rotatable bonds is 77. The molecule has 5 atom stereocenters. The van der Waals surface area contributed by atoms with Crippen LogP contribution in [0.1, 0.15) is 336 Å². The molecule has 0 rings (SSSR count). The molecule has 0 aliphatic rings. The van der Waals surface area contributed by atoms with Crippen LogP contribution in [0.5, 0.6) is 0 Å². The number of ether oxygens (including phenoxy) is 4. The van der Waals surface area contributed by atoms with Crippen molar-refractivity contribution in [1.82, 2.24) is 0 Å². The van der Waals surface area contributed by atoms with Gasteiger partial charge in [0, 0.05) is 25.7 Å². The van der Waals surface area contributed by atoms with E-state index in [1.54, 1.807) is 0 Å². The Labute approximate surface area is 644 Å². The Morgan fingerprint density at radius 1 is 0.274 bits per heavy atom. The summed E-state index contributed by atoms with van der Waals surface area (Å²) >= 11 is 0. The molecule has 0 aliphatic heterocycles. The van der Waals surface area contributed by atoms with Gasteiger partial charge in [0.25, 0.3) is 0 Å². The number of phosphoric ester groups is 2. The summed E-state index contributed by atoms with van der Waals surface area (Å²) in [5.41, 5.74) is 0. The van der Waals surface area contributed by atoms with Crippen molar-refractivity contribution in [3.05, 3.63) is 134 Å². The fourth-order valence-electron chi connectivity index (χ4n) is 10.9. The van der Waals surface area contributed by atoms with Gasteiger partial charge in [0.1, 0.15) is 19.3 Å². The smallest absolute Gasteiger partial charge is 0.462 e. The Hall–Kier alpha value is -4.80. The van der Waals surface area contributed by atoms with Crippen molar-refractivity contribution in [2.45, 2.75) is 354 Å². The molecule has 0 saturated heterocycles. The summed E-state index contributed by atoms with van der Waals surface area (Å²) < 4.78 is 68.7. The zero-order valence-corrected chi connectivity index (χ0v) is 68.4. The lowest BCUT2D eigenvalue weighted by molar-refractivity contribution is -0.161. The van der Waals surface area contributed by atoms with Crippen LogP contribution in [0, 0.1) is 0 Å². The molecule has 19 heteroatoms. The molecule has 0 fully saturated rings. The summed E-state index contributed by atoms with van der Waals surface area (Å²) in [6.45, 7) is 4.51. The number of allylic oxidation sites excluding steroid dienone is 22. The van der Waals surface area contributed by atoms with Crippen molar-refractivity contribution >= 4 is 39.5 Å². The van der Waals surface area contributed by atoms with Gasteiger partial charge in [0.05, 0.1) is 26.4 Å². The van der Waals surface area contributed by atoms with Crippen molar-refractivity contribution in [2.24, 2.45) is 0 Å². The van der Waals surface area contributed by atoms with Crippen LogP contribution in [0.2, 0.25) is 0 Å². The maximum Gasteiger partial charge on any atom is 0.472 e. The van der Waals surface area contributed by atoms with E-state index in [1.165, 1.54) is 38.5 Å². The SMILES string of the molecule is CC/C=C\C/C=C\C/C=C\C/C=C\CCCCCCCCC(=O)OCC(COP(=O)(O)OCC(O)COP(=O)(O)OCC(COC(=O)CCCCCCCCC/C=C\C/C=C\C/C=C\CC)OC(=O)CCCCCCC/C=C\C/C=C\C/C=C\CC)OC(=O)CCCCCCC/C=C\CCCCCCCC. The van der Waals surface area contributed by atoms with Gasteiger partial charge in [-0.1, -0.05) is 290 Å². The quantitative estimate of drug-likeness (QED) is 0.0169. The molecule has 608 valence electrons. The van der Waals surface area contributed by atoms with Crippen LogP contribution < -0.4 is 0 Å². The van der Waals surface area contributed by atoms with Gasteiger partial charge in [-0.15, -0.1) is 0 Å². The number of hydrogen-bond acceptors (Lipinski definition) is 15. The van der Waals surface area contributed by atoms with E-state index >= 15 is 0 Å². The van der Waals surface area contributed by atoms with Gasteiger partial charge in [0.15, 0.2) is 12.2 Å². The van der Waals surface area contributed by atoms with Crippen molar-refractivity contribution < 1.29 is 80.2 Å². The molecule has 0 radical (unpaired) electrons. The van der Waals surface area contributed by atoms with Gasteiger partial charge >= 0.3 is 39.5 Å². The van der Waals surface area contributed by atoms with E-state index in [4.69, 9.17) is 37.0 Å². The minimum absolute atomic E-state index is 0.0705. The van der Waals surface area contributed by atoms with E-state index in [1.807, 2.05) is 0 Å². The highest BCUT2D eigenvalue weighted by Gasteiger charge is 2.30. The van der Waals surface area contributed by atoms with Gasteiger partial charge in [-0.3, -0.25) is 37.3 Å². The number of phosphoric acid groups is 2. The number of carbonyl (C=O) groups is 4. The molecular weight excluding hydrogens is 1380 g/mol. The standard InChI is InChI=1S/C87H148O17P2/c1-5-9-13-17-21-25-29-33-37-39-40-42-46-48-52-56-60-64-68-72-85(90)98-78-83(104-87(92)74-70-66-62-58-54-50-44-36-32-28-24-20-16-12-8-4)80-102-106(95,96)100-76-81(88)75-99-105(93,94)101-79-82(103-86(91)73-69-65-61-57-53-49-43-35-31-27-23-19-15-11-7-3)77-97-84(89)71-67-63-59-55-51-47-45-41-38-34-30-26-22-18-14-10-6-2/h9-11,13-15,21-23,25-27,33-38,40,42-44,81-83,88H,5-8,12,16-20,24,28-32,39,41,45-80H2,1-4H3,(H,93,94)(H,95,96)/b13-9-,14-10-,15-11-,25-21-,26-22-,27-23-,37-33-,38-34-,42-40-,43-35-,44-36-. The maximum atomic E-state index is 13.1. The zero-order chi connectivity index (χ0) is 77.4. The highest BCUT2D eigenvalue weighted by atomic mass is 31.2. The lowest BCUT2D eigenvalue weighted by Gasteiger charge is -2.21. The Morgan fingerprint density at radius 3 is 0.764 bits per heavy atom. The molecule has 17 nitrogen and oxygen atoms in total. The van der Waals surface area contributed by atoms with Gasteiger partial charge in [-0.05, 0) is 154 Å². The average molecular weight is 1530 g/mol. The molecule has 106 heavy (non-hydrogen) atoms. The van der Waals surface area contributed by atoms with E-state index < -0.39 is 97.5 Å². The second-order valence-electron chi connectivity index (χ2n) is 27.3. The Bertz CT molecular complexity index is 2530. The largest absolute Gasteiger partial charge is 0.472 e. The van der Waals surface area contributed by atoms with Crippen LogP contribution in [0.3, 0.4) is 0 Å². The topological polar surface area (TPSA) is 237 Å². The summed E-state index contributed by atoms with van der Waals surface area (Å²) in [6, 6.07) is 0. The summed E-state index contributed by atoms with van der Waals surface area (Å²) in [7, 11) is -9.98. The summed E-state index contributed by atoms with van der Waals surface area (Å²) in [4.78, 5) is 73.2. The molecule has 0 aliphatic carbocycles. The number of aliphatic hydroxyl groups excluding tert-OH is 1. The van der Waals surface area contributed by atoms with Gasteiger partial charge in [0.2, 0.25) is 0 Å². The number of aliphatic hydroxyl groups is 1. The molecule has 0 aromatic rings. The Kier molecular flexibility index (Phi) is 74.8. The fraction of sp³-hybridized carbons (Fsp3) is 0.701. The summed E-state index contributed by atoms with van der Waals surface area (Å²) in [5, 5.41) is 10.7. The zero-order valence-electron chi connectivity index (χ0n) is 66.6. The van der Waals surface area contributed by atoms with E-state index in [-0.39, 0.29) is 25.7 Å². The molecule has 0 aromatic heterocycles. The summed E-state index contributed by atoms with van der Waals surface area (Å²) in [6.07, 6.45) is 88.4. The molecule has 0 bridgehead atoms. The van der Waals surface area contributed by atoms with E-state index in [0.717, 1.165) is 218 Å². The minimum Gasteiger partial charge on any atom is -0.462 e. The lowest BCUT2D eigenvalue weighted by Crippen LogP contribution is -2.30. The van der Waals surface area contributed by atoms with Crippen molar-refractivity contribution in [2.75, 3.05) is 39.6 Å². The lowest BCUT2D eigenvalue weighted by atomic mass is 10.1. The third-order valence-corrected chi connectivity index (χ3v) is 19.0. The second-order valence-corrected chi connectivity index (χ2v) is 30.2. The van der Waals surface area contributed by atoms with Crippen molar-refractivity contribution in [3.63, 3.8) is 0 Å². The van der Waals surface area contributed by atoms with Crippen LogP contribution in [0.25, 0.3) is 0 Å². The van der Waals surface area contributed by atoms with Gasteiger partial charge < -0.3 is 33.8 Å². The minimum atomic E-state index is -4.99. The molecule has 0 heterocycles. The predicted molar refractivity (Wildman–Crippen MR) is 436 cm³/mol. The van der Waals surface area contributed by atoms with E-state index in [9.17, 15) is 43.2 Å². The first kappa shape index (κ1) is 101. The number of carbonyl (C=O) groups excluding carboxylic acids is 4. The predicted octanol–water partition coefficient (Wildman–Crippen LogP) is 24.4. The van der Waals surface area contributed by atoms with Crippen molar-refractivity contribution in [1.29, 1.82) is 0 Å². The molecular formula is C87H148O17P2. The Balaban J connectivity index is 5.39. The highest BCUT2D eigenvalue weighted by Crippen LogP contribution is 2.45. The van der Waals surface area contributed by atoms with Gasteiger partial charge in [-0.2, -0.15) is 0 Å². The van der Waals surface area contributed by atoms with Crippen LogP contribution >= 0.6 is 15.6 Å². The molecule has 0 saturated carbocycles. The third kappa shape index (κ3) is 77.4. The highest BCUT2D eigenvalue weighted by molar-refractivity contribution is 7.47. The molecule has 0 aromatic carbocycles. The van der Waals surface area contributed by atoms with E-state index in [2.05, 4.69) is 161 Å². The molecule has 0 spiro atoms. The van der Waals surface area contributed by atoms with E-state index in [0.29, 0.717) is 25.7 Å². The van der Waals surface area contributed by atoms with Crippen LogP contribution in [-0.4, -0.2) is 96.7 Å². The normalized spacial score (nSPS) is 14.5. The first-order valence-electron chi connectivity index (χ1n) is 41.4. The number of unbranched alkanes of at least 4 members (excludes halogenated alkanes) is 29. The summed E-state index contributed by atoms with van der Waals surface area (Å²) in [5.74, 6) is -2.22. The Morgan fingerprint density at radius 2 is 0.491 bits per heavy atom. The maximum absolute atomic E-state index is 13.1. The van der Waals surface area contributed by atoms with Crippen LogP contribution in [0.4, 0.5) is 0 Å². The third-order valence-electron chi connectivity index (χ3n) is 17.1. The van der Waals surface area contributed by atoms with Crippen molar-refractivity contribution in [3.8, 4) is 0 Å². The fourth-order valence-corrected chi connectivity index (χ4v) is 12.5. The van der Waals surface area contributed by atoms with Gasteiger partial charge in [-0.25, -0.2) is 9.13 Å². The average Bonchev–Trinajstić information content (AvgIpc) is 0.909. The first-order valence-corrected chi connectivity index (χ1v) is 44.4. The molecule has 5 unspecified atom stereocenters. The number of esters is 4. The van der Waals surface area contributed by atoms with Crippen LogP contribution in [0.15, 0.2) is 134 Å².